The molecule has 0 radical (unpaired) electrons. The van der Waals surface area contributed by atoms with E-state index >= 15 is 0 Å². The first-order valence-corrected chi connectivity index (χ1v) is 5.71. The molecule has 1 aromatic rings. The molecule has 0 fully saturated rings. The largest absolute Gasteiger partial charge is 0.379 e. The minimum Gasteiger partial charge on any atom is -0.379 e. The molecule has 1 aromatic heterocycles. The van der Waals surface area contributed by atoms with E-state index in [1.807, 2.05) is 6.20 Å². The molecule has 0 spiro atoms. The van der Waals surface area contributed by atoms with Crippen molar-refractivity contribution in [2.45, 2.75) is 46.4 Å². The summed E-state index contributed by atoms with van der Waals surface area (Å²) in [6.45, 7) is 9.33. The van der Waals surface area contributed by atoms with E-state index in [9.17, 15) is 0 Å². The van der Waals surface area contributed by atoms with Crippen LogP contribution in [0.15, 0.2) is 12.4 Å². The standard InChI is InChI=1S/C12H23N3O/c1-6-15-8-7-14-11(15)9(13)10(16-5)12(2,3)4/h7-10H,6,13H2,1-5H3. The Balaban J connectivity index is 2.95. The van der Waals surface area contributed by atoms with Crippen LogP contribution in [0.25, 0.3) is 0 Å². The number of rotatable bonds is 4. The lowest BCUT2D eigenvalue weighted by Gasteiger charge is -2.33. The highest BCUT2D eigenvalue weighted by Crippen LogP contribution is 2.30. The highest BCUT2D eigenvalue weighted by Gasteiger charge is 2.33. The lowest BCUT2D eigenvalue weighted by molar-refractivity contribution is -0.00502. The van der Waals surface area contributed by atoms with E-state index in [0.29, 0.717) is 0 Å². The number of aromatic nitrogens is 2. The number of hydrogen-bond acceptors (Lipinski definition) is 3. The Morgan fingerprint density at radius 3 is 2.56 bits per heavy atom. The fourth-order valence-electron chi connectivity index (χ4n) is 2.06. The summed E-state index contributed by atoms with van der Waals surface area (Å²) >= 11 is 0. The molecule has 0 aliphatic carbocycles. The van der Waals surface area contributed by atoms with Crippen LogP contribution in [0.4, 0.5) is 0 Å². The van der Waals surface area contributed by atoms with Gasteiger partial charge in [-0.1, -0.05) is 20.8 Å². The van der Waals surface area contributed by atoms with E-state index in [4.69, 9.17) is 10.5 Å². The molecule has 16 heavy (non-hydrogen) atoms. The average Bonchev–Trinajstić information content (AvgIpc) is 2.63. The first kappa shape index (κ1) is 13.2. The monoisotopic (exact) mass is 225 g/mol. The van der Waals surface area contributed by atoms with Crippen molar-refractivity contribution >= 4 is 0 Å². The lowest BCUT2D eigenvalue weighted by Crippen LogP contribution is -2.40. The van der Waals surface area contributed by atoms with E-state index in [-0.39, 0.29) is 17.6 Å². The molecule has 2 unspecified atom stereocenters. The summed E-state index contributed by atoms with van der Waals surface area (Å²) in [4.78, 5) is 4.33. The highest BCUT2D eigenvalue weighted by molar-refractivity contribution is 5.03. The van der Waals surface area contributed by atoms with Crippen LogP contribution < -0.4 is 5.73 Å². The number of nitrogens with two attached hydrogens (primary N) is 1. The van der Waals surface area contributed by atoms with E-state index in [0.717, 1.165) is 12.4 Å². The number of nitrogens with zero attached hydrogens (tertiary/aromatic N) is 2. The fourth-order valence-corrected chi connectivity index (χ4v) is 2.06. The summed E-state index contributed by atoms with van der Waals surface area (Å²) in [6, 6.07) is -0.194. The second-order valence-corrected chi connectivity index (χ2v) is 5.12. The van der Waals surface area contributed by atoms with Gasteiger partial charge in [0.25, 0.3) is 0 Å². The molecular formula is C12H23N3O. The second-order valence-electron chi connectivity index (χ2n) is 5.12. The zero-order valence-corrected chi connectivity index (χ0v) is 10.9. The molecule has 0 aliphatic rings. The van der Waals surface area contributed by atoms with Gasteiger partial charge in [0.1, 0.15) is 5.82 Å². The fraction of sp³-hybridized carbons (Fsp3) is 0.750. The number of ether oxygens (including phenoxy) is 1. The summed E-state index contributed by atoms with van der Waals surface area (Å²) in [5, 5.41) is 0. The zero-order chi connectivity index (χ0) is 12.3. The molecule has 0 aromatic carbocycles. The Hall–Kier alpha value is -0.870. The zero-order valence-electron chi connectivity index (χ0n) is 10.9. The normalized spacial score (nSPS) is 16.1. The third kappa shape index (κ3) is 2.62. The molecule has 92 valence electrons. The van der Waals surface area contributed by atoms with Crippen molar-refractivity contribution < 1.29 is 4.74 Å². The molecular weight excluding hydrogens is 202 g/mol. The molecule has 0 aliphatic heterocycles. The minimum absolute atomic E-state index is 0.00130. The summed E-state index contributed by atoms with van der Waals surface area (Å²) in [5.41, 5.74) is 6.25. The van der Waals surface area contributed by atoms with Gasteiger partial charge in [-0.15, -0.1) is 0 Å². The van der Waals surface area contributed by atoms with Crippen LogP contribution in [0.2, 0.25) is 0 Å². The molecule has 0 bridgehead atoms. The van der Waals surface area contributed by atoms with Crippen LogP contribution in [0.3, 0.4) is 0 Å². The maximum Gasteiger partial charge on any atom is 0.128 e. The molecule has 1 heterocycles. The Kier molecular flexibility index (Phi) is 4.10. The predicted molar refractivity (Wildman–Crippen MR) is 65.1 cm³/mol. The molecule has 1 rings (SSSR count). The number of hydrogen-bond donors (Lipinski definition) is 1. The highest BCUT2D eigenvalue weighted by atomic mass is 16.5. The molecule has 4 nitrogen and oxygen atoms in total. The Morgan fingerprint density at radius 1 is 1.50 bits per heavy atom. The summed E-state index contributed by atoms with van der Waals surface area (Å²) in [7, 11) is 1.70. The van der Waals surface area contributed by atoms with Gasteiger partial charge < -0.3 is 15.0 Å². The molecule has 4 heteroatoms. The second kappa shape index (κ2) is 4.97. The minimum atomic E-state index is -0.194. The lowest BCUT2D eigenvalue weighted by atomic mass is 9.84. The van der Waals surface area contributed by atoms with Crippen LogP contribution in [0, 0.1) is 5.41 Å². The average molecular weight is 225 g/mol. The van der Waals surface area contributed by atoms with Gasteiger partial charge in [-0.3, -0.25) is 0 Å². The van der Waals surface area contributed by atoms with E-state index in [1.54, 1.807) is 13.3 Å². The third-order valence-corrected chi connectivity index (χ3v) is 2.82. The van der Waals surface area contributed by atoms with Gasteiger partial charge in [0, 0.05) is 26.0 Å². The van der Waals surface area contributed by atoms with E-state index in [1.165, 1.54) is 0 Å². The summed E-state index contributed by atoms with van der Waals surface area (Å²) in [5.74, 6) is 0.893. The maximum atomic E-state index is 6.25. The van der Waals surface area contributed by atoms with Crippen molar-refractivity contribution in [1.29, 1.82) is 0 Å². The number of methoxy groups -OCH3 is 1. The smallest absolute Gasteiger partial charge is 0.128 e. The van der Waals surface area contributed by atoms with Gasteiger partial charge in [0.05, 0.1) is 12.1 Å². The van der Waals surface area contributed by atoms with Crippen molar-refractivity contribution in [2.24, 2.45) is 11.1 Å². The molecule has 2 atom stereocenters. The van der Waals surface area contributed by atoms with Crippen molar-refractivity contribution in [2.75, 3.05) is 7.11 Å². The van der Waals surface area contributed by atoms with Crippen molar-refractivity contribution in [3.05, 3.63) is 18.2 Å². The van der Waals surface area contributed by atoms with Crippen LogP contribution in [0.1, 0.15) is 39.6 Å². The van der Waals surface area contributed by atoms with Crippen molar-refractivity contribution in [3.63, 3.8) is 0 Å². The SMILES string of the molecule is CCn1ccnc1C(N)C(OC)C(C)(C)C. The number of imidazole rings is 1. The number of aryl methyl sites for hydroxylation is 1. The molecule has 0 saturated heterocycles. The van der Waals surface area contributed by atoms with E-state index in [2.05, 4.69) is 37.2 Å². The molecule has 2 N–H and O–H groups in total. The molecule has 0 amide bonds. The van der Waals surface area contributed by atoms with Crippen LogP contribution in [-0.4, -0.2) is 22.8 Å². The Labute approximate surface area is 97.8 Å². The molecule has 0 saturated carbocycles. The van der Waals surface area contributed by atoms with E-state index < -0.39 is 0 Å². The van der Waals surface area contributed by atoms with Gasteiger partial charge in [-0.2, -0.15) is 0 Å². The van der Waals surface area contributed by atoms with Gasteiger partial charge in [0.15, 0.2) is 0 Å². The van der Waals surface area contributed by atoms with Crippen LogP contribution in [-0.2, 0) is 11.3 Å². The first-order valence-electron chi connectivity index (χ1n) is 5.71. The van der Waals surface area contributed by atoms with Crippen molar-refractivity contribution in [1.82, 2.24) is 9.55 Å². The Morgan fingerprint density at radius 2 is 2.12 bits per heavy atom. The topological polar surface area (TPSA) is 53.1 Å². The summed E-state index contributed by atoms with van der Waals surface area (Å²) in [6.07, 6.45) is 3.69. The Bertz CT molecular complexity index is 327. The predicted octanol–water partition coefficient (Wildman–Crippen LogP) is 1.96. The van der Waals surface area contributed by atoms with Gasteiger partial charge in [-0.05, 0) is 12.3 Å². The van der Waals surface area contributed by atoms with Crippen molar-refractivity contribution in [3.8, 4) is 0 Å². The van der Waals surface area contributed by atoms with Gasteiger partial charge in [0.2, 0.25) is 0 Å². The third-order valence-electron chi connectivity index (χ3n) is 2.82. The first-order chi connectivity index (χ1) is 7.41. The maximum absolute atomic E-state index is 6.25. The summed E-state index contributed by atoms with van der Waals surface area (Å²) < 4.78 is 7.58. The van der Waals surface area contributed by atoms with Crippen LogP contribution in [0.5, 0.6) is 0 Å². The van der Waals surface area contributed by atoms with Gasteiger partial charge in [-0.25, -0.2) is 4.98 Å². The van der Waals surface area contributed by atoms with Gasteiger partial charge >= 0.3 is 0 Å². The van der Waals surface area contributed by atoms with Crippen LogP contribution >= 0.6 is 0 Å². The quantitative estimate of drug-likeness (QED) is 0.852.